The minimum Gasteiger partial charge on any atom is -0.494 e. The summed E-state index contributed by atoms with van der Waals surface area (Å²) in [6, 6.07) is 6.74. The molecule has 0 aliphatic carbocycles. The number of imidazole rings is 2. The van der Waals surface area contributed by atoms with Gasteiger partial charge in [0.2, 0.25) is 5.78 Å². The lowest BCUT2D eigenvalue weighted by Crippen LogP contribution is -2.42. The largest absolute Gasteiger partial charge is 0.494 e. The second kappa shape index (κ2) is 7.26. The summed E-state index contributed by atoms with van der Waals surface area (Å²) in [5.41, 5.74) is 2.05. The number of ether oxygens (including phenoxy) is 1. The lowest BCUT2D eigenvalue weighted by Gasteiger charge is -2.12. The van der Waals surface area contributed by atoms with E-state index in [1.54, 1.807) is 18.4 Å². The summed E-state index contributed by atoms with van der Waals surface area (Å²) in [5.74, 6) is 1.02. The maximum Gasteiger partial charge on any atom is 0.333 e. The normalized spacial score (nSPS) is 12.6. The molecule has 0 fully saturated rings. The van der Waals surface area contributed by atoms with Gasteiger partial charge in [-0.2, -0.15) is 4.98 Å². The number of carbonyl (C=O) groups excluding carboxylic acids is 1. The highest BCUT2D eigenvalue weighted by Gasteiger charge is 2.25. The van der Waals surface area contributed by atoms with Crippen molar-refractivity contribution in [2.75, 3.05) is 6.61 Å². The number of rotatable bonds is 5. The molecule has 3 heterocycles. The van der Waals surface area contributed by atoms with Gasteiger partial charge in [0.05, 0.1) is 12.6 Å². The van der Waals surface area contributed by atoms with Crippen molar-refractivity contribution in [1.82, 2.24) is 23.1 Å². The molecule has 0 radical (unpaired) electrons. The van der Waals surface area contributed by atoms with E-state index in [-0.39, 0.29) is 16.9 Å². The summed E-state index contributed by atoms with van der Waals surface area (Å²) >= 11 is 0. The van der Waals surface area contributed by atoms with Crippen LogP contribution in [0, 0.1) is 13.8 Å². The Labute approximate surface area is 178 Å². The van der Waals surface area contributed by atoms with Gasteiger partial charge in [-0.15, -0.1) is 0 Å². The highest BCUT2D eigenvalue weighted by molar-refractivity contribution is 5.81. The van der Waals surface area contributed by atoms with Crippen molar-refractivity contribution in [2.24, 2.45) is 7.05 Å². The van der Waals surface area contributed by atoms with Gasteiger partial charge in [0.1, 0.15) is 5.75 Å². The van der Waals surface area contributed by atoms with Crippen molar-refractivity contribution in [2.45, 2.75) is 40.7 Å². The fourth-order valence-corrected chi connectivity index (χ4v) is 3.91. The summed E-state index contributed by atoms with van der Waals surface area (Å²) in [4.78, 5) is 42.8. The maximum absolute atomic E-state index is 13.4. The molecule has 0 saturated carbocycles. The molecule has 4 rings (SSSR count). The fourth-order valence-electron chi connectivity index (χ4n) is 3.91. The predicted octanol–water partition coefficient (Wildman–Crippen LogP) is 2.30. The summed E-state index contributed by atoms with van der Waals surface area (Å²) in [6.45, 7) is 9.28. The molecular weight excluding hydrogens is 398 g/mol. The van der Waals surface area contributed by atoms with Gasteiger partial charge in [-0.3, -0.25) is 23.1 Å². The van der Waals surface area contributed by atoms with Gasteiger partial charge in [-0.25, -0.2) is 9.36 Å². The standard InChI is InChI=1S/C22H25N5O4/c1-7-31-17-10-8-16(9-11-17)25-12(2)13(3)26-18-19(23-21(25)26)24(6)22(30)27(20(18)29)14(4)15(5)28/h8-11,14H,7H2,1-6H3. The van der Waals surface area contributed by atoms with E-state index in [1.165, 1.54) is 11.5 Å². The van der Waals surface area contributed by atoms with Crippen LogP contribution < -0.4 is 16.0 Å². The van der Waals surface area contributed by atoms with Crippen molar-refractivity contribution in [3.8, 4) is 11.4 Å². The Morgan fingerprint density at radius 2 is 1.77 bits per heavy atom. The first kappa shape index (κ1) is 20.6. The van der Waals surface area contributed by atoms with Crippen LogP contribution in [-0.2, 0) is 11.8 Å². The third kappa shape index (κ3) is 2.91. The second-order valence-electron chi connectivity index (χ2n) is 7.66. The summed E-state index contributed by atoms with van der Waals surface area (Å²) in [6.07, 6.45) is 0. The second-order valence-corrected chi connectivity index (χ2v) is 7.66. The van der Waals surface area contributed by atoms with Crippen LogP contribution in [0.2, 0.25) is 0 Å². The van der Waals surface area contributed by atoms with E-state index >= 15 is 0 Å². The van der Waals surface area contributed by atoms with Crippen molar-refractivity contribution in [1.29, 1.82) is 0 Å². The van der Waals surface area contributed by atoms with Gasteiger partial charge in [0.25, 0.3) is 5.56 Å². The molecule has 0 bridgehead atoms. The van der Waals surface area contributed by atoms with E-state index < -0.39 is 17.3 Å². The lowest BCUT2D eigenvalue weighted by molar-refractivity contribution is -0.119. The Hall–Kier alpha value is -3.62. The van der Waals surface area contributed by atoms with Crippen LogP contribution in [0.25, 0.3) is 22.6 Å². The molecule has 0 aliphatic rings. The first-order chi connectivity index (χ1) is 14.7. The smallest absolute Gasteiger partial charge is 0.333 e. The zero-order valence-corrected chi connectivity index (χ0v) is 18.5. The number of fused-ring (bicyclic) bond motifs is 3. The van der Waals surface area contributed by atoms with Crippen LogP contribution in [-0.4, -0.2) is 35.5 Å². The van der Waals surface area contributed by atoms with Crippen molar-refractivity contribution < 1.29 is 9.53 Å². The quantitative estimate of drug-likeness (QED) is 0.491. The van der Waals surface area contributed by atoms with Gasteiger partial charge >= 0.3 is 5.69 Å². The number of Topliss-reactive ketones (excluding diaryl/α,β-unsaturated/α-hetero) is 1. The average Bonchev–Trinajstić information content (AvgIpc) is 3.23. The molecular formula is C22H25N5O4. The van der Waals surface area contributed by atoms with E-state index in [0.717, 1.165) is 27.4 Å². The maximum atomic E-state index is 13.4. The Morgan fingerprint density at radius 1 is 1.13 bits per heavy atom. The van der Waals surface area contributed by atoms with Gasteiger partial charge in [0.15, 0.2) is 16.9 Å². The lowest BCUT2D eigenvalue weighted by atomic mass is 10.2. The molecule has 1 unspecified atom stereocenters. The Balaban J connectivity index is 2.09. The Kier molecular flexibility index (Phi) is 4.83. The number of benzene rings is 1. The molecule has 31 heavy (non-hydrogen) atoms. The van der Waals surface area contributed by atoms with Gasteiger partial charge in [-0.1, -0.05) is 0 Å². The molecule has 9 nitrogen and oxygen atoms in total. The summed E-state index contributed by atoms with van der Waals surface area (Å²) < 4.78 is 11.5. The number of carbonyl (C=O) groups is 1. The average molecular weight is 423 g/mol. The van der Waals surface area contributed by atoms with E-state index in [9.17, 15) is 14.4 Å². The van der Waals surface area contributed by atoms with Crippen LogP contribution in [0.1, 0.15) is 38.2 Å². The molecule has 1 atom stereocenters. The number of ketones is 1. The first-order valence-corrected chi connectivity index (χ1v) is 10.1. The molecule has 1 aromatic carbocycles. The molecule has 0 N–H and O–H groups in total. The van der Waals surface area contributed by atoms with Crippen molar-refractivity contribution >= 4 is 22.7 Å². The van der Waals surface area contributed by atoms with E-state index in [0.29, 0.717) is 12.4 Å². The SMILES string of the molecule is CCOc1ccc(-n2c(C)c(C)n3c4c(=O)n(C(C)C(C)=O)c(=O)n(C)c4nc23)cc1. The van der Waals surface area contributed by atoms with Crippen LogP contribution in [0.4, 0.5) is 0 Å². The van der Waals surface area contributed by atoms with Crippen LogP contribution in [0.5, 0.6) is 5.75 Å². The van der Waals surface area contributed by atoms with Gasteiger partial charge < -0.3 is 4.74 Å². The molecule has 0 amide bonds. The minimum absolute atomic E-state index is 0.265. The molecule has 162 valence electrons. The van der Waals surface area contributed by atoms with Crippen molar-refractivity contribution in [3.05, 3.63) is 56.5 Å². The summed E-state index contributed by atoms with van der Waals surface area (Å²) in [5, 5.41) is 0. The van der Waals surface area contributed by atoms with Gasteiger partial charge in [0, 0.05) is 24.1 Å². The topological polar surface area (TPSA) is 92.5 Å². The van der Waals surface area contributed by atoms with E-state index in [2.05, 4.69) is 4.98 Å². The Morgan fingerprint density at radius 3 is 2.35 bits per heavy atom. The van der Waals surface area contributed by atoms with Crippen LogP contribution in [0.15, 0.2) is 33.9 Å². The third-order valence-electron chi connectivity index (χ3n) is 5.85. The summed E-state index contributed by atoms with van der Waals surface area (Å²) in [7, 11) is 1.56. The third-order valence-corrected chi connectivity index (χ3v) is 5.85. The fraction of sp³-hybridized carbons (Fsp3) is 0.364. The predicted molar refractivity (Wildman–Crippen MR) is 118 cm³/mol. The molecule has 9 heteroatoms. The van der Waals surface area contributed by atoms with Crippen LogP contribution >= 0.6 is 0 Å². The zero-order chi connectivity index (χ0) is 22.6. The van der Waals surface area contributed by atoms with Crippen molar-refractivity contribution in [3.63, 3.8) is 0 Å². The number of nitrogens with zero attached hydrogens (tertiary/aromatic N) is 5. The minimum atomic E-state index is -0.865. The zero-order valence-electron chi connectivity index (χ0n) is 18.5. The van der Waals surface area contributed by atoms with E-state index in [4.69, 9.17) is 4.74 Å². The molecule has 3 aromatic heterocycles. The first-order valence-electron chi connectivity index (χ1n) is 10.1. The van der Waals surface area contributed by atoms with Crippen LogP contribution in [0.3, 0.4) is 0 Å². The molecule has 4 aromatic rings. The molecule has 0 spiro atoms. The number of hydrogen-bond donors (Lipinski definition) is 0. The monoisotopic (exact) mass is 423 g/mol. The highest BCUT2D eigenvalue weighted by atomic mass is 16.5. The van der Waals surface area contributed by atoms with E-state index in [1.807, 2.05) is 49.6 Å². The molecule has 0 saturated heterocycles. The Bertz CT molecular complexity index is 1450. The number of hydrogen-bond acceptors (Lipinski definition) is 5. The van der Waals surface area contributed by atoms with Gasteiger partial charge in [-0.05, 0) is 58.9 Å². The number of aromatic nitrogens is 5. The highest BCUT2D eigenvalue weighted by Crippen LogP contribution is 2.26. The number of aryl methyl sites for hydroxylation is 2. The molecule has 0 aliphatic heterocycles.